The first kappa shape index (κ1) is 14.3. The number of anilines is 1. The molecule has 0 bridgehead atoms. The standard InChI is InChI=1S/C13H16N2O5/c16-12(7-13(17)18)15-11-2-1-10(8-14-11)20-9-3-5-19-6-4-9/h1-2,8-9H,3-7H2,(H,17,18)(H,14,15,16). The van der Waals surface area contributed by atoms with Gasteiger partial charge >= 0.3 is 5.97 Å². The van der Waals surface area contributed by atoms with E-state index in [2.05, 4.69) is 10.3 Å². The lowest BCUT2D eigenvalue weighted by Gasteiger charge is -2.23. The van der Waals surface area contributed by atoms with Crippen molar-refractivity contribution in [1.29, 1.82) is 0 Å². The van der Waals surface area contributed by atoms with E-state index in [-0.39, 0.29) is 6.10 Å². The number of hydrogen-bond donors (Lipinski definition) is 2. The quantitative estimate of drug-likeness (QED) is 0.782. The Hall–Kier alpha value is -2.15. The maximum absolute atomic E-state index is 11.2. The lowest BCUT2D eigenvalue weighted by molar-refractivity contribution is -0.139. The number of ether oxygens (including phenoxy) is 2. The van der Waals surface area contributed by atoms with Crippen molar-refractivity contribution in [1.82, 2.24) is 4.98 Å². The summed E-state index contributed by atoms with van der Waals surface area (Å²) in [5.74, 6) is -0.867. The lowest BCUT2D eigenvalue weighted by Crippen LogP contribution is -2.25. The normalized spacial score (nSPS) is 15.6. The second kappa shape index (κ2) is 6.85. The molecule has 2 rings (SSSR count). The number of amides is 1. The number of nitrogens with zero attached hydrogens (tertiary/aromatic N) is 1. The maximum Gasteiger partial charge on any atom is 0.312 e. The van der Waals surface area contributed by atoms with Gasteiger partial charge in [0.15, 0.2) is 0 Å². The van der Waals surface area contributed by atoms with Crippen molar-refractivity contribution in [2.45, 2.75) is 25.4 Å². The number of carboxylic acids is 1. The highest BCUT2D eigenvalue weighted by atomic mass is 16.5. The van der Waals surface area contributed by atoms with Crippen molar-refractivity contribution in [2.24, 2.45) is 0 Å². The van der Waals surface area contributed by atoms with Gasteiger partial charge in [0.05, 0.1) is 19.4 Å². The van der Waals surface area contributed by atoms with Gasteiger partial charge in [0, 0.05) is 12.8 Å². The molecule has 1 aliphatic heterocycles. The number of pyridine rings is 1. The molecule has 1 saturated heterocycles. The van der Waals surface area contributed by atoms with Gasteiger partial charge in [-0.3, -0.25) is 9.59 Å². The zero-order chi connectivity index (χ0) is 14.4. The first-order valence-corrected chi connectivity index (χ1v) is 6.35. The Morgan fingerprint density at radius 1 is 1.40 bits per heavy atom. The monoisotopic (exact) mass is 280 g/mol. The first-order chi connectivity index (χ1) is 9.63. The molecular weight excluding hydrogens is 264 g/mol. The summed E-state index contributed by atoms with van der Waals surface area (Å²) in [6.07, 6.45) is 2.74. The molecule has 0 unspecified atom stereocenters. The zero-order valence-corrected chi connectivity index (χ0v) is 10.9. The van der Waals surface area contributed by atoms with E-state index in [1.165, 1.54) is 6.20 Å². The van der Waals surface area contributed by atoms with E-state index >= 15 is 0 Å². The van der Waals surface area contributed by atoms with Crippen LogP contribution >= 0.6 is 0 Å². The maximum atomic E-state index is 11.2. The van der Waals surface area contributed by atoms with E-state index in [0.29, 0.717) is 24.8 Å². The lowest BCUT2D eigenvalue weighted by atomic mass is 10.1. The van der Waals surface area contributed by atoms with E-state index in [1.807, 2.05) is 0 Å². The molecule has 1 aromatic heterocycles. The van der Waals surface area contributed by atoms with Gasteiger partial charge in [-0.05, 0) is 12.1 Å². The Morgan fingerprint density at radius 3 is 2.75 bits per heavy atom. The van der Waals surface area contributed by atoms with Crippen molar-refractivity contribution in [3.8, 4) is 5.75 Å². The molecule has 2 N–H and O–H groups in total. The van der Waals surface area contributed by atoms with Gasteiger partial charge in [0.1, 0.15) is 24.1 Å². The summed E-state index contributed by atoms with van der Waals surface area (Å²) in [4.78, 5) is 25.6. The van der Waals surface area contributed by atoms with Crippen LogP contribution in [-0.2, 0) is 14.3 Å². The van der Waals surface area contributed by atoms with Gasteiger partial charge < -0.3 is 19.9 Å². The fourth-order valence-corrected chi connectivity index (χ4v) is 1.83. The molecule has 0 aliphatic carbocycles. The van der Waals surface area contributed by atoms with Crippen molar-refractivity contribution in [3.63, 3.8) is 0 Å². The number of hydrogen-bond acceptors (Lipinski definition) is 5. The summed E-state index contributed by atoms with van der Waals surface area (Å²) in [5, 5.41) is 10.9. The van der Waals surface area contributed by atoms with Crippen molar-refractivity contribution in [2.75, 3.05) is 18.5 Å². The number of carboxylic acid groups (broad SMARTS) is 1. The number of carbonyl (C=O) groups is 2. The van der Waals surface area contributed by atoms with Gasteiger partial charge in [-0.2, -0.15) is 0 Å². The van der Waals surface area contributed by atoms with Crippen molar-refractivity contribution < 1.29 is 24.2 Å². The largest absolute Gasteiger partial charge is 0.489 e. The number of nitrogens with one attached hydrogen (secondary N) is 1. The average molecular weight is 280 g/mol. The third-order valence-corrected chi connectivity index (χ3v) is 2.79. The van der Waals surface area contributed by atoms with Crippen molar-refractivity contribution in [3.05, 3.63) is 18.3 Å². The molecule has 20 heavy (non-hydrogen) atoms. The first-order valence-electron chi connectivity index (χ1n) is 6.35. The third kappa shape index (κ3) is 4.51. The highest BCUT2D eigenvalue weighted by Crippen LogP contribution is 2.18. The van der Waals surface area contributed by atoms with Gasteiger partial charge in [-0.15, -0.1) is 0 Å². The third-order valence-electron chi connectivity index (χ3n) is 2.79. The number of rotatable bonds is 5. The Morgan fingerprint density at radius 2 is 2.15 bits per heavy atom. The fraction of sp³-hybridized carbons (Fsp3) is 0.462. The molecule has 0 aromatic carbocycles. The minimum atomic E-state index is -1.18. The van der Waals surface area contributed by atoms with Crippen LogP contribution < -0.4 is 10.1 Å². The summed E-state index contributed by atoms with van der Waals surface area (Å²) >= 11 is 0. The van der Waals surface area contributed by atoms with Crippen LogP contribution in [0.15, 0.2) is 18.3 Å². The van der Waals surface area contributed by atoms with Crippen LogP contribution in [0.1, 0.15) is 19.3 Å². The summed E-state index contributed by atoms with van der Waals surface area (Å²) in [6, 6.07) is 3.27. The zero-order valence-electron chi connectivity index (χ0n) is 10.9. The molecule has 108 valence electrons. The van der Waals surface area contributed by atoms with E-state index in [0.717, 1.165) is 12.8 Å². The highest BCUT2D eigenvalue weighted by Gasteiger charge is 2.15. The second-order valence-electron chi connectivity index (χ2n) is 4.43. The summed E-state index contributed by atoms with van der Waals surface area (Å²) in [7, 11) is 0. The molecule has 2 heterocycles. The van der Waals surface area contributed by atoms with Crippen LogP contribution in [0.4, 0.5) is 5.82 Å². The molecule has 1 fully saturated rings. The van der Waals surface area contributed by atoms with Gasteiger partial charge in [-0.1, -0.05) is 0 Å². The van der Waals surface area contributed by atoms with Crippen LogP contribution in [0.5, 0.6) is 5.75 Å². The van der Waals surface area contributed by atoms with Crippen LogP contribution in [0.2, 0.25) is 0 Å². The molecule has 1 aliphatic rings. The van der Waals surface area contributed by atoms with Crippen molar-refractivity contribution >= 4 is 17.7 Å². The molecule has 0 radical (unpaired) electrons. The fourth-order valence-electron chi connectivity index (χ4n) is 1.83. The Balaban J connectivity index is 1.85. The second-order valence-corrected chi connectivity index (χ2v) is 4.43. The minimum absolute atomic E-state index is 0.123. The molecule has 1 aromatic rings. The van der Waals surface area contributed by atoms with Gasteiger partial charge in [-0.25, -0.2) is 4.98 Å². The molecule has 7 nitrogen and oxygen atoms in total. The van der Waals surface area contributed by atoms with Gasteiger partial charge in [0.25, 0.3) is 0 Å². The summed E-state index contributed by atoms with van der Waals surface area (Å²) in [5.41, 5.74) is 0. The Labute approximate surface area is 115 Å². The smallest absolute Gasteiger partial charge is 0.312 e. The van der Waals surface area contributed by atoms with E-state index in [1.54, 1.807) is 12.1 Å². The molecule has 0 atom stereocenters. The number of aliphatic carboxylic acids is 1. The molecule has 0 spiro atoms. The van der Waals surface area contributed by atoms with E-state index < -0.39 is 18.3 Å². The molecule has 7 heteroatoms. The Kier molecular flexibility index (Phi) is 4.89. The SMILES string of the molecule is O=C(O)CC(=O)Nc1ccc(OC2CCOCC2)cn1. The number of carbonyl (C=O) groups excluding carboxylic acids is 1. The predicted molar refractivity (Wildman–Crippen MR) is 69.6 cm³/mol. The molecule has 1 amide bonds. The number of aromatic nitrogens is 1. The van der Waals surface area contributed by atoms with E-state index in [9.17, 15) is 9.59 Å². The van der Waals surface area contributed by atoms with Crippen LogP contribution in [0.25, 0.3) is 0 Å². The van der Waals surface area contributed by atoms with Crippen LogP contribution in [-0.4, -0.2) is 41.3 Å². The Bertz CT molecular complexity index is 468. The predicted octanol–water partition coefficient (Wildman–Crippen LogP) is 1.05. The summed E-state index contributed by atoms with van der Waals surface area (Å²) < 4.78 is 11.0. The topological polar surface area (TPSA) is 97.8 Å². The minimum Gasteiger partial charge on any atom is -0.489 e. The van der Waals surface area contributed by atoms with Gasteiger partial charge in [0.2, 0.25) is 5.91 Å². The van der Waals surface area contributed by atoms with E-state index in [4.69, 9.17) is 14.6 Å². The average Bonchev–Trinajstić information content (AvgIpc) is 2.41. The summed E-state index contributed by atoms with van der Waals surface area (Å²) in [6.45, 7) is 1.39. The molecular formula is C13H16N2O5. The molecule has 0 saturated carbocycles. The van der Waals surface area contributed by atoms with Crippen LogP contribution in [0.3, 0.4) is 0 Å². The highest BCUT2D eigenvalue weighted by molar-refractivity contribution is 6.00. The van der Waals surface area contributed by atoms with Crippen LogP contribution in [0, 0.1) is 0 Å².